The Kier molecular flexibility index (Phi) is 22.0. The van der Waals surface area contributed by atoms with Crippen molar-refractivity contribution in [3.63, 3.8) is 0 Å². The van der Waals surface area contributed by atoms with Gasteiger partial charge in [0.05, 0.1) is 26.2 Å². The first-order valence-electron chi connectivity index (χ1n) is 11.1. The summed E-state index contributed by atoms with van der Waals surface area (Å²) < 4.78 is 1.38. The van der Waals surface area contributed by atoms with Crippen molar-refractivity contribution in [3.8, 4) is 0 Å². The molecule has 0 atom stereocenters. The lowest BCUT2D eigenvalue weighted by molar-refractivity contribution is -0.925. The van der Waals surface area contributed by atoms with Crippen LogP contribution in [0.5, 0.6) is 0 Å². The summed E-state index contributed by atoms with van der Waals surface area (Å²) in [7, 11) is 0. The van der Waals surface area contributed by atoms with Crippen LogP contribution in [0.1, 0.15) is 118 Å². The fourth-order valence-corrected chi connectivity index (χ4v) is 3.78. The van der Waals surface area contributed by atoms with Crippen LogP contribution in [0, 0.1) is 0 Å². The first-order chi connectivity index (χ1) is 11.2. The number of nitrogens with zero attached hydrogens (tertiary/aromatic N) is 1. The summed E-state index contributed by atoms with van der Waals surface area (Å²) in [6.07, 6.45) is 20.2. The van der Waals surface area contributed by atoms with E-state index in [4.69, 9.17) is 0 Å². The highest BCUT2D eigenvalue weighted by molar-refractivity contribution is 4.50. The largest absolute Gasteiger partial charge is 1.00 e. The van der Waals surface area contributed by atoms with Crippen LogP contribution in [-0.4, -0.2) is 30.7 Å². The van der Waals surface area contributed by atoms with Gasteiger partial charge in [-0.15, -0.1) is 0 Å². The van der Waals surface area contributed by atoms with Gasteiger partial charge in [-0.3, -0.25) is 0 Å². The van der Waals surface area contributed by atoms with Gasteiger partial charge in [-0.1, -0.05) is 78.1 Å². The van der Waals surface area contributed by atoms with Crippen LogP contribution in [0.15, 0.2) is 0 Å². The van der Waals surface area contributed by atoms with Crippen molar-refractivity contribution in [2.24, 2.45) is 0 Å². The Morgan fingerprint density at radius 2 is 0.708 bits per heavy atom. The van der Waals surface area contributed by atoms with Crippen LogP contribution in [0.3, 0.4) is 0 Å². The van der Waals surface area contributed by atoms with E-state index in [0.29, 0.717) is 0 Å². The lowest BCUT2D eigenvalue weighted by Gasteiger charge is -2.37. The van der Waals surface area contributed by atoms with Crippen LogP contribution in [0.25, 0.3) is 0 Å². The van der Waals surface area contributed by atoms with Gasteiger partial charge in [0.15, 0.2) is 0 Å². The van der Waals surface area contributed by atoms with E-state index >= 15 is 0 Å². The first kappa shape index (κ1) is 26.7. The quantitative estimate of drug-likeness (QED) is 0.235. The molecule has 148 valence electrons. The summed E-state index contributed by atoms with van der Waals surface area (Å²) in [5, 5.41) is 0. The van der Waals surface area contributed by atoms with E-state index in [9.17, 15) is 0 Å². The van der Waals surface area contributed by atoms with E-state index in [0.717, 1.165) is 0 Å². The standard InChI is InChI=1S/C22H48N.BrH/c1-5-9-11-13-15-17-19-21-23(7-3,8-4)22-20-18-16-14-12-10-6-2;/h5-22H2,1-4H3;1H/q+1;/p-1. The Bertz CT molecular complexity index is 206. The number of halogens is 1. The molecule has 0 spiro atoms. The second-order valence-electron chi connectivity index (χ2n) is 7.66. The highest BCUT2D eigenvalue weighted by Gasteiger charge is 2.21. The van der Waals surface area contributed by atoms with E-state index in [1.165, 1.54) is 121 Å². The van der Waals surface area contributed by atoms with Crippen molar-refractivity contribution >= 4 is 0 Å². The number of rotatable bonds is 18. The molecule has 0 aromatic heterocycles. The highest BCUT2D eigenvalue weighted by atomic mass is 79.9. The molecule has 0 heterocycles. The Morgan fingerprint density at radius 3 is 1.00 bits per heavy atom. The van der Waals surface area contributed by atoms with Crippen molar-refractivity contribution in [1.82, 2.24) is 0 Å². The minimum atomic E-state index is 0. The van der Waals surface area contributed by atoms with Crippen molar-refractivity contribution in [3.05, 3.63) is 0 Å². The predicted octanol–water partition coefficient (Wildman–Crippen LogP) is 4.35. The molecular formula is C22H48BrN. The zero-order valence-corrected chi connectivity index (χ0v) is 19.1. The fourth-order valence-electron chi connectivity index (χ4n) is 3.78. The molecule has 0 saturated heterocycles. The molecule has 0 N–H and O–H groups in total. The number of hydrogen-bond donors (Lipinski definition) is 0. The van der Waals surface area contributed by atoms with Crippen LogP contribution >= 0.6 is 0 Å². The number of hydrogen-bond acceptors (Lipinski definition) is 0. The summed E-state index contributed by atoms with van der Waals surface area (Å²) >= 11 is 0. The van der Waals surface area contributed by atoms with Gasteiger partial charge in [0.1, 0.15) is 0 Å². The smallest absolute Gasteiger partial charge is 0.0786 e. The van der Waals surface area contributed by atoms with Crippen molar-refractivity contribution < 1.29 is 21.5 Å². The van der Waals surface area contributed by atoms with E-state index in [1.807, 2.05) is 0 Å². The molecule has 0 bridgehead atoms. The Labute approximate surface area is 165 Å². The normalized spacial score (nSPS) is 11.5. The van der Waals surface area contributed by atoms with Crippen molar-refractivity contribution in [2.75, 3.05) is 26.2 Å². The summed E-state index contributed by atoms with van der Waals surface area (Å²) in [4.78, 5) is 0. The first-order valence-corrected chi connectivity index (χ1v) is 11.1. The third-order valence-electron chi connectivity index (χ3n) is 5.81. The van der Waals surface area contributed by atoms with Crippen LogP contribution in [0.4, 0.5) is 0 Å². The second-order valence-corrected chi connectivity index (χ2v) is 7.66. The monoisotopic (exact) mass is 405 g/mol. The molecule has 24 heavy (non-hydrogen) atoms. The maximum atomic E-state index is 2.41. The molecule has 0 aromatic carbocycles. The van der Waals surface area contributed by atoms with Crippen LogP contribution in [0.2, 0.25) is 0 Å². The molecule has 0 rings (SSSR count). The van der Waals surface area contributed by atoms with E-state index in [2.05, 4.69) is 27.7 Å². The van der Waals surface area contributed by atoms with Gasteiger partial charge in [-0.2, -0.15) is 0 Å². The van der Waals surface area contributed by atoms with Gasteiger partial charge >= 0.3 is 0 Å². The minimum absolute atomic E-state index is 0. The summed E-state index contributed by atoms with van der Waals surface area (Å²) in [5.41, 5.74) is 0. The Hall–Kier alpha value is 0.440. The SMILES string of the molecule is CCCCCCCCC[N+](CC)(CC)CCCCCCCCC.[Br-]. The van der Waals surface area contributed by atoms with E-state index in [1.54, 1.807) is 0 Å². The molecule has 0 amide bonds. The van der Waals surface area contributed by atoms with Gasteiger partial charge in [-0.05, 0) is 39.5 Å². The summed E-state index contributed by atoms with van der Waals surface area (Å²) in [6, 6.07) is 0. The van der Waals surface area contributed by atoms with Gasteiger partial charge in [0.2, 0.25) is 0 Å². The summed E-state index contributed by atoms with van der Waals surface area (Å²) in [6.45, 7) is 15.0. The molecule has 1 nitrogen and oxygen atoms in total. The average molecular weight is 407 g/mol. The Balaban J connectivity index is 0. The second kappa shape index (κ2) is 19.8. The lowest BCUT2D eigenvalue weighted by atomic mass is 10.1. The topological polar surface area (TPSA) is 0 Å². The lowest BCUT2D eigenvalue weighted by Crippen LogP contribution is -3.00. The molecule has 0 aliphatic rings. The highest BCUT2D eigenvalue weighted by Crippen LogP contribution is 2.15. The maximum Gasteiger partial charge on any atom is 0.0786 e. The number of quaternary nitrogens is 1. The van der Waals surface area contributed by atoms with Crippen molar-refractivity contribution in [1.29, 1.82) is 0 Å². The summed E-state index contributed by atoms with van der Waals surface area (Å²) in [5.74, 6) is 0. The Morgan fingerprint density at radius 1 is 0.417 bits per heavy atom. The van der Waals surface area contributed by atoms with Gasteiger partial charge < -0.3 is 21.5 Å². The third kappa shape index (κ3) is 14.8. The fraction of sp³-hybridized carbons (Fsp3) is 1.00. The molecule has 0 aliphatic carbocycles. The van der Waals surface area contributed by atoms with Crippen molar-refractivity contribution in [2.45, 2.75) is 118 Å². The molecule has 0 fully saturated rings. The van der Waals surface area contributed by atoms with Crippen LogP contribution in [-0.2, 0) is 0 Å². The minimum Gasteiger partial charge on any atom is -1.00 e. The number of unbranched alkanes of at least 4 members (excludes halogenated alkanes) is 12. The predicted molar refractivity (Wildman–Crippen MR) is 107 cm³/mol. The molecule has 0 aromatic rings. The van der Waals surface area contributed by atoms with Gasteiger partial charge in [0.25, 0.3) is 0 Å². The maximum absolute atomic E-state index is 2.41. The molecule has 0 saturated carbocycles. The van der Waals surface area contributed by atoms with Crippen LogP contribution < -0.4 is 17.0 Å². The average Bonchev–Trinajstić information content (AvgIpc) is 2.58. The zero-order valence-electron chi connectivity index (χ0n) is 17.6. The molecule has 0 aliphatic heterocycles. The molecule has 0 radical (unpaired) electrons. The molecule has 2 heteroatoms. The third-order valence-corrected chi connectivity index (χ3v) is 5.81. The van der Waals surface area contributed by atoms with E-state index < -0.39 is 0 Å². The van der Waals surface area contributed by atoms with Gasteiger partial charge in [0, 0.05) is 0 Å². The van der Waals surface area contributed by atoms with E-state index in [-0.39, 0.29) is 17.0 Å². The van der Waals surface area contributed by atoms with Gasteiger partial charge in [-0.25, -0.2) is 0 Å². The molecule has 0 unspecified atom stereocenters. The zero-order chi connectivity index (χ0) is 17.2. The molecular weight excluding hydrogens is 358 g/mol.